The molecule has 3 amide bonds. The van der Waals surface area contributed by atoms with Gasteiger partial charge in [-0.1, -0.05) is 6.07 Å². The molecular weight excluding hydrogens is 308 g/mol. The van der Waals surface area contributed by atoms with Gasteiger partial charge in [-0.3, -0.25) is 14.4 Å². The van der Waals surface area contributed by atoms with Crippen molar-refractivity contribution in [2.45, 2.75) is 31.3 Å². The number of halogens is 2. The third-order valence-corrected chi connectivity index (χ3v) is 3.62. The monoisotopic (exact) mass is 325 g/mol. The highest BCUT2D eigenvalue weighted by atomic mass is 19.2. The lowest BCUT2D eigenvalue weighted by atomic mass is 10.0. The number of hydrogen-bond acceptors (Lipinski definition) is 3. The lowest BCUT2D eigenvalue weighted by molar-refractivity contribution is -0.133. The second kappa shape index (κ2) is 7.17. The molecule has 124 valence electrons. The van der Waals surface area contributed by atoms with E-state index in [0.717, 1.165) is 12.1 Å². The fraction of sp³-hybridized carbons (Fsp3) is 0.400. The van der Waals surface area contributed by atoms with Gasteiger partial charge in [-0.15, -0.1) is 0 Å². The van der Waals surface area contributed by atoms with Gasteiger partial charge in [0.25, 0.3) is 0 Å². The zero-order valence-corrected chi connectivity index (χ0v) is 12.5. The van der Waals surface area contributed by atoms with Crippen molar-refractivity contribution >= 4 is 17.7 Å². The molecule has 1 aliphatic rings. The Kier molecular flexibility index (Phi) is 5.25. The maximum absolute atomic E-state index is 13.4. The second-order valence-electron chi connectivity index (χ2n) is 5.24. The van der Waals surface area contributed by atoms with Crippen molar-refractivity contribution in [2.75, 3.05) is 7.05 Å². The molecule has 1 fully saturated rings. The molecule has 1 aliphatic heterocycles. The highest BCUT2D eigenvalue weighted by molar-refractivity contribution is 5.93. The summed E-state index contributed by atoms with van der Waals surface area (Å²) in [6.07, 6.45) is 1.38. The van der Waals surface area contributed by atoms with Crippen LogP contribution in [0.4, 0.5) is 8.78 Å². The van der Waals surface area contributed by atoms with E-state index in [2.05, 4.69) is 16.0 Å². The first-order chi connectivity index (χ1) is 10.9. The van der Waals surface area contributed by atoms with E-state index < -0.39 is 35.5 Å². The van der Waals surface area contributed by atoms with E-state index in [1.165, 1.54) is 13.1 Å². The van der Waals surface area contributed by atoms with Crippen LogP contribution in [0.1, 0.15) is 30.9 Å². The highest BCUT2D eigenvalue weighted by Gasteiger charge is 2.29. The van der Waals surface area contributed by atoms with Crippen molar-refractivity contribution in [1.82, 2.24) is 16.0 Å². The molecule has 1 saturated heterocycles. The summed E-state index contributed by atoms with van der Waals surface area (Å²) >= 11 is 0. The van der Waals surface area contributed by atoms with Crippen LogP contribution in [-0.4, -0.2) is 30.8 Å². The Morgan fingerprint density at radius 1 is 1.30 bits per heavy atom. The van der Waals surface area contributed by atoms with Gasteiger partial charge in [0.15, 0.2) is 11.6 Å². The molecule has 1 aromatic carbocycles. The Hall–Kier alpha value is -2.51. The summed E-state index contributed by atoms with van der Waals surface area (Å²) in [5.74, 6) is -3.52. The Bertz CT molecular complexity index is 636. The minimum Gasteiger partial charge on any atom is -0.357 e. The van der Waals surface area contributed by atoms with Crippen molar-refractivity contribution < 1.29 is 23.2 Å². The van der Waals surface area contributed by atoms with Crippen LogP contribution < -0.4 is 16.0 Å². The lowest BCUT2D eigenvalue weighted by Gasteiger charge is -2.25. The topological polar surface area (TPSA) is 87.3 Å². The SMILES string of the molecule is CNC(=O)[C@H](NC(=O)[C@@H]1CCCC(=O)N1)c1ccc(F)c(F)c1. The fourth-order valence-electron chi connectivity index (χ4n) is 2.38. The zero-order valence-electron chi connectivity index (χ0n) is 12.5. The smallest absolute Gasteiger partial charge is 0.246 e. The average Bonchev–Trinajstić information content (AvgIpc) is 2.54. The number of nitrogens with one attached hydrogen (secondary N) is 3. The number of likely N-dealkylation sites (N-methyl/N-ethyl adjacent to an activating group) is 1. The molecule has 2 atom stereocenters. The predicted molar refractivity (Wildman–Crippen MR) is 77.1 cm³/mol. The van der Waals surface area contributed by atoms with Gasteiger partial charge in [0, 0.05) is 13.5 Å². The van der Waals surface area contributed by atoms with Crippen LogP contribution in [0.3, 0.4) is 0 Å². The molecular formula is C15H17F2N3O3. The molecule has 0 bridgehead atoms. The lowest BCUT2D eigenvalue weighted by Crippen LogP contribution is -2.51. The number of hydrogen-bond donors (Lipinski definition) is 3. The van der Waals surface area contributed by atoms with Crippen molar-refractivity contribution in [3.63, 3.8) is 0 Å². The van der Waals surface area contributed by atoms with Gasteiger partial charge in [0.05, 0.1) is 0 Å². The minimum absolute atomic E-state index is 0.110. The summed E-state index contributed by atoms with van der Waals surface area (Å²) < 4.78 is 26.4. The van der Waals surface area contributed by atoms with Gasteiger partial charge in [-0.2, -0.15) is 0 Å². The van der Waals surface area contributed by atoms with Crippen molar-refractivity contribution in [1.29, 1.82) is 0 Å². The van der Waals surface area contributed by atoms with Crippen LogP contribution >= 0.6 is 0 Å². The molecule has 0 saturated carbocycles. The van der Waals surface area contributed by atoms with Crippen LogP contribution in [0, 0.1) is 11.6 Å². The molecule has 1 aromatic rings. The number of carbonyl (C=O) groups excluding carboxylic acids is 3. The highest BCUT2D eigenvalue weighted by Crippen LogP contribution is 2.18. The molecule has 0 unspecified atom stereocenters. The third kappa shape index (κ3) is 4.02. The van der Waals surface area contributed by atoms with Gasteiger partial charge in [-0.25, -0.2) is 8.78 Å². The Balaban J connectivity index is 2.18. The van der Waals surface area contributed by atoms with Crippen LogP contribution in [0.15, 0.2) is 18.2 Å². The van der Waals surface area contributed by atoms with E-state index in [0.29, 0.717) is 19.3 Å². The van der Waals surface area contributed by atoms with Crippen molar-refractivity contribution in [2.24, 2.45) is 0 Å². The zero-order chi connectivity index (χ0) is 17.0. The van der Waals surface area contributed by atoms with Gasteiger partial charge in [0.1, 0.15) is 12.1 Å². The predicted octanol–water partition coefficient (Wildman–Crippen LogP) is 0.537. The number of rotatable bonds is 4. The average molecular weight is 325 g/mol. The van der Waals surface area contributed by atoms with Crippen LogP contribution in [-0.2, 0) is 14.4 Å². The summed E-state index contributed by atoms with van der Waals surface area (Å²) in [5.41, 5.74) is 0.110. The van der Waals surface area contributed by atoms with Gasteiger partial charge < -0.3 is 16.0 Å². The Morgan fingerprint density at radius 2 is 2.04 bits per heavy atom. The van der Waals surface area contributed by atoms with Gasteiger partial charge in [-0.05, 0) is 30.5 Å². The summed E-state index contributed by atoms with van der Waals surface area (Å²) in [7, 11) is 1.36. The molecule has 6 nitrogen and oxygen atoms in total. The number of benzene rings is 1. The van der Waals surface area contributed by atoms with Crippen molar-refractivity contribution in [3.05, 3.63) is 35.4 Å². The first-order valence-electron chi connectivity index (χ1n) is 7.18. The quantitative estimate of drug-likeness (QED) is 0.755. The number of amides is 3. The first-order valence-corrected chi connectivity index (χ1v) is 7.18. The summed E-state index contributed by atoms with van der Waals surface area (Å²) in [5, 5.41) is 7.36. The molecule has 0 spiro atoms. The Morgan fingerprint density at radius 3 is 2.65 bits per heavy atom. The van der Waals surface area contributed by atoms with Gasteiger partial charge >= 0.3 is 0 Å². The largest absolute Gasteiger partial charge is 0.357 e. The number of carbonyl (C=O) groups is 3. The maximum atomic E-state index is 13.4. The van der Waals surface area contributed by atoms with E-state index in [9.17, 15) is 23.2 Å². The summed E-state index contributed by atoms with van der Waals surface area (Å²) in [6.45, 7) is 0. The standard InChI is InChI=1S/C15H17F2N3O3/c1-18-15(23)13(8-5-6-9(16)10(17)7-8)20-14(22)11-3-2-4-12(21)19-11/h5-7,11,13H,2-4H2,1H3,(H,18,23)(H,19,21)(H,20,22)/t11-,13+/m0/s1. The first kappa shape index (κ1) is 16.9. The van der Waals surface area contributed by atoms with E-state index >= 15 is 0 Å². The minimum atomic E-state index is -1.18. The molecule has 0 radical (unpaired) electrons. The summed E-state index contributed by atoms with van der Waals surface area (Å²) in [4.78, 5) is 35.5. The fourth-order valence-corrected chi connectivity index (χ4v) is 2.38. The van der Waals surface area contributed by atoms with Crippen molar-refractivity contribution in [3.8, 4) is 0 Å². The molecule has 23 heavy (non-hydrogen) atoms. The van der Waals surface area contributed by atoms with Crippen LogP contribution in [0.2, 0.25) is 0 Å². The normalized spacial score (nSPS) is 18.7. The molecule has 1 heterocycles. The van der Waals surface area contributed by atoms with Gasteiger partial charge in [0.2, 0.25) is 17.7 Å². The molecule has 8 heteroatoms. The van der Waals surface area contributed by atoms with E-state index in [4.69, 9.17) is 0 Å². The van der Waals surface area contributed by atoms with Crippen LogP contribution in [0.5, 0.6) is 0 Å². The molecule has 0 aromatic heterocycles. The van der Waals surface area contributed by atoms with E-state index in [-0.39, 0.29) is 11.5 Å². The third-order valence-electron chi connectivity index (χ3n) is 3.62. The molecule has 2 rings (SSSR count). The summed E-state index contributed by atoms with van der Waals surface area (Å²) in [6, 6.07) is 1.04. The molecule has 0 aliphatic carbocycles. The second-order valence-corrected chi connectivity index (χ2v) is 5.24. The van der Waals surface area contributed by atoms with E-state index in [1.807, 2.05) is 0 Å². The number of piperidine rings is 1. The Labute approximate surface area is 131 Å². The van der Waals surface area contributed by atoms with Crippen LogP contribution in [0.25, 0.3) is 0 Å². The maximum Gasteiger partial charge on any atom is 0.246 e. The molecule has 3 N–H and O–H groups in total. The van der Waals surface area contributed by atoms with E-state index in [1.54, 1.807) is 0 Å².